The molecule has 0 saturated heterocycles. The Morgan fingerprint density at radius 2 is 1.92 bits per heavy atom. The molecule has 0 aliphatic heterocycles. The van der Waals surface area contributed by atoms with Crippen molar-refractivity contribution in [3.63, 3.8) is 0 Å². The molecule has 0 fully saturated rings. The molecule has 0 aromatic rings. The van der Waals surface area contributed by atoms with Gasteiger partial charge in [0.15, 0.2) is 0 Å². The fourth-order valence-corrected chi connectivity index (χ4v) is 0.425. The third-order valence-electron chi connectivity index (χ3n) is 0.945. The van der Waals surface area contributed by atoms with Gasteiger partial charge in [0.1, 0.15) is 0 Å². The summed E-state index contributed by atoms with van der Waals surface area (Å²) in [6.07, 6.45) is 2.53. The quantitative estimate of drug-likeness (QED) is 0.456. The number of ether oxygens (including phenoxy) is 2. The maximum absolute atomic E-state index is 10.7. The summed E-state index contributed by atoms with van der Waals surface area (Å²) in [4.78, 5) is 21.1. The minimum absolute atomic E-state index is 0.254. The minimum atomic E-state index is -0.582. The average Bonchev–Trinajstić information content (AvgIpc) is 2.10. The summed E-state index contributed by atoms with van der Waals surface area (Å²) < 4.78 is 8.85. The predicted octanol–water partition coefficient (Wildman–Crippen LogP) is 0.483. The topological polar surface area (TPSA) is 52.6 Å². The summed E-state index contributed by atoms with van der Waals surface area (Å²) in [5.74, 6) is -1.15. The van der Waals surface area contributed by atoms with Crippen molar-refractivity contribution >= 4 is 11.9 Å². The van der Waals surface area contributed by atoms with Crippen LogP contribution in [0.4, 0.5) is 0 Å². The van der Waals surface area contributed by atoms with E-state index in [1.807, 2.05) is 0 Å². The standard InChI is InChI=1S/C8H11O4/c1-3-6-12-8(10)5-4-7(9)11-2/h4-5H,1,3,6H2,2H3/b5-4+. The molecule has 0 spiro atoms. The highest BCUT2D eigenvalue weighted by Crippen LogP contribution is 1.85. The van der Waals surface area contributed by atoms with E-state index >= 15 is 0 Å². The lowest BCUT2D eigenvalue weighted by Gasteiger charge is -1.96. The number of hydrogen-bond acceptors (Lipinski definition) is 4. The molecule has 12 heavy (non-hydrogen) atoms. The summed E-state index contributed by atoms with van der Waals surface area (Å²) in [7, 11) is 1.23. The Labute approximate surface area is 71.2 Å². The molecule has 4 nitrogen and oxygen atoms in total. The molecule has 0 aromatic carbocycles. The second-order valence-electron chi connectivity index (χ2n) is 1.88. The Morgan fingerprint density at radius 3 is 2.42 bits per heavy atom. The first kappa shape index (κ1) is 10.7. The number of rotatable bonds is 4. The summed E-state index contributed by atoms with van der Waals surface area (Å²) >= 11 is 0. The Morgan fingerprint density at radius 1 is 1.33 bits per heavy atom. The number of carbonyl (C=O) groups excluding carboxylic acids is 2. The summed E-state index contributed by atoms with van der Waals surface area (Å²) in [6.45, 7) is 3.73. The van der Waals surface area contributed by atoms with Gasteiger partial charge in [-0.05, 0) is 13.3 Å². The number of esters is 2. The van der Waals surface area contributed by atoms with Gasteiger partial charge in [-0.1, -0.05) is 0 Å². The monoisotopic (exact) mass is 171 g/mol. The first-order valence-corrected chi connectivity index (χ1v) is 3.42. The van der Waals surface area contributed by atoms with Crippen molar-refractivity contribution in [2.45, 2.75) is 6.42 Å². The van der Waals surface area contributed by atoms with Crippen molar-refractivity contribution in [2.75, 3.05) is 13.7 Å². The maximum Gasteiger partial charge on any atom is 0.331 e. The molecule has 0 saturated carbocycles. The van der Waals surface area contributed by atoms with Crippen molar-refractivity contribution in [3.05, 3.63) is 19.1 Å². The van der Waals surface area contributed by atoms with Gasteiger partial charge >= 0.3 is 11.9 Å². The molecule has 1 radical (unpaired) electrons. The highest BCUT2D eigenvalue weighted by molar-refractivity contribution is 5.91. The molecule has 0 bridgehead atoms. The second-order valence-corrected chi connectivity index (χ2v) is 1.88. The Bertz CT molecular complexity index is 183. The third-order valence-corrected chi connectivity index (χ3v) is 0.945. The van der Waals surface area contributed by atoms with E-state index in [0.29, 0.717) is 6.42 Å². The molecule has 0 aliphatic rings. The van der Waals surface area contributed by atoms with E-state index in [1.54, 1.807) is 0 Å². The molecule has 0 aromatic heterocycles. The average molecular weight is 171 g/mol. The van der Waals surface area contributed by atoms with Crippen LogP contribution in [-0.2, 0) is 19.1 Å². The van der Waals surface area contributed by atoms with Gasteiger partial charge in [0.05, 0.1) is 13.7 Å². The van der Waals surface area contributed by atoms with E-state index in [0.717, 1.165) is 12.2 Å². The molecule has 0 amide bonds. The predicted molar refractivity (Wildman–Crippen MR) is 42.1 cm³/mol. The lowest BCUT2D eigenvalue weighted by molar-refractivity contribution is -0.139. The zero-order chi connectivity index (χ0) is 9.40. The summed E-state index contributed by atoms with van der Waals surface area (Å²) in [5, 5.41) is 0. The minimum Gasteiger partial charge on any atom is -0.466 e. The molecule has 0 atom stereocenters. The summed E-state index contributed by atoms with van der Waals surface area (Å²) in [6, 6.07) is 0. The fraction of sp³-hybridized carbons (Fsp3) is 0.375. The Balaban J connectivity index is 3.67. The number of methoxy groups -OCH3 is 1. The maximum atomic E-state index is 10.7. The van der Waals surface area contributed by atoms with Gasteiger partial charge in [0.25, 0.3) is 0 Å². The molecule has 0 rings (SSSR count). The largest absolute Gasteiger partial charge is 0.466 e. The lowest BCUT2D eigenvalue weighted by Crippen LogP contribution is -2.03. The molecule has 67 valence electrons. The van der Waals surface area contributed by atoms with E-state index in [2.05, 4.69) is 16.4 Å². The van der Waals surface area contributed by atoms with Crippen LogP contribution in [0.25, 0.3) is 0 Å². The van der Waals surface area contributed by atoms with Crippen LogP contribution in [0.15, 0.2) is 12.2 Å². The van der Waals surface area contributed by atoms with Crippen LogP contribution < -0.4 is 0 Å². The van der Waals surface area contributed by atoms with Gasteiger partial charge in [-0.3, -0.25) is 0 Å². The highest BCUT2D eigenvalue weighted by Gasteiger charge is 1.97. The van der Waals surface area contributed by atoms with E-state index in [4.69, 9.17) is 0 Å². The molecule has 0 aliphatic carbocycles. The van der Waals surface area contributed by atoms with Crippen molar-refractivity contribution in [1.82, 2.24) is 0 Å². The first-order chi connectivity index (χ1) is 5.70. The van der Waals surface area contributed by atoms with E-state index in [9.17, 15) is 9.59 Å². The van der Waals surface area contributed by atoms with Gasteiger partial charge < -0.3 is 9.47 Å². The summed E-state index contributed by atoms with van der Waals surface area (Å²) in [5.41, 5.74) is 0. The van der Waals surface area contributed by atoms with Crippen LogP contribution in [0.1, 0.15) is 6.42 Å². The third kappa shape index (κ3) is 5.46. The second kappa shape index (κ2) is 6.39. The van der Waals surface area contributed by atoms with Crippen molar-refractivity contribution in [2.24, 2.45) is 0 Å². The molecule has 4 heteroatoms. The van der Waals surface area contributed by atoms with Gasteiger partial charge in [0, 0.05) is 12.2 Å². The van der Waals surface area contributed by atoms with E-state index in [1.165, 1.54) is 7.11 Å². The fourth-order valence-electron chi connectivity index (χ4n) is 0.425. The molecule has 0 heterocycles. The van der Waals surface area contributed by atoms with Gasteiger partial charge in [0.2, 0.25) is 0 Å². The smallest absolute Gasteiger partial charge is 0.331 e. The Kier molecular flexibility index (Phi) is 5.69. The number of carbonyl (C=O) groups is 2. The van der Waals surface area contributed by atoms with Crippen LogP contribution in [-0.4, -0.2) is 25.7 Å². The van der Waals surface area contributed by atoms with Crippen LogP contribution >= 0.6 is 0 Å². The van der Waals surface area contributed by atoms with Crippen molar-refractivity contribution in [3.8, 4) is 0 Å². The van der Waals surface area contributed by atoms with Crippen LogP contribution in [0.2, 0.25) is 0 Å². The van der Waals surface area contributed by atoms with E-state index < -0.39 is 11.9 Å². The molecule has 0 unspecified atom stereocenters. The van der Waals surface area contributed by atoms with Crippen LogP contribution in [0.3, 0.4) is 0 Å². The van der Waals surface area contributed by atoms with Crippen molar-refractivity contribution < 1.29 is 19.1 Å². The SMILES string of the molecule is [CH2]CCOC(=O)/C=C/C(=O)OC. The van der Waals surface area contributed by atoms with Crippen LogP contribution in [0.5, 0.6) is 0 Å². The van der Waals surface area contributed by atoms with Gasteiger partial charge in [-0.2, -0.15) is 0 Å². The zero-order valence-corrected chi connectivity index (χ0v) is 6.91. The highest BCUT2D eigenvalue weighted by atomic mass is 16.5. The normalized spacial score (nSPS) is 9.83. The molecular formula is C8H11O4. The van der Waals surface area contributed by atoms with E-state index in [-0.39, 0.29) is 6.61 Å². The molecular weight excluding hydrogens is 160 g/mol. The molecule has 0 N–H and O–H groups in total. The lowest BCUT2D eigenvalue weighted by atomic mass is 10.5. The van der Waals surface area contributed by atoms with Crippen LogP contribution in [0, 0.1) is 6.92 Å². The van der Waals surface area contributed by atoms with Gasteiger partial charge in [-0.25, -0.2) is 9.59 Å². The first-order valence-electron chi connectivity index (χ1n) is 3.42. The number of hydrogen-bond donors (Lipinski definition) is 0. The zero-order valence-electron chi connectivity index (χ0n) is 6.91. The Hall–Kier alpha value is -1.32. The van der Waals surface area contributed by atoms with Crippen molar-refractivity contribution in [1.29, 1.82) is 0 Å². The van der Waals surface area contributed by atoms with Gasteiger partial charge in [-0.15, -0.1) is 0 Å².